The van der Waals surface area contributed by atoms with Crippen molar-refractivity contribution >= 4 is 15.9 Å². The van der Waals surface area contributed by atoms with Gasteiger partial charge in [0.2, 0.25) is 0 Å². The summed E-state index contributed by atoms with van der Waals surface area (Å²) >= 11 is 3.42. The van der Waals surface area contributed by atoms with E-state index in [-0.39, 0.29) is 11.9 Å². The molecule has 0 aliphatic heterocycles. The SMILES string of the molecule is C[C@H](N)c1cc(Br)ccc1OCc1ccc(F)cc1. The van der Waals surface area contributed by atoms with Crippen molar-refractivity contribution in [1.82, 2.24) is 0 Å². The summed E-state index contributed by atoms with van der Waals surface area (Å²) < 4.78 is 19.5. The molecule has 2 aromatic rings. The van der Waals surface area contributed by atoms with Crippen LogP contribution < -0.4 is 10.5 Å². The molecule has 0 aliphatic rings. The normalized spacial score (nSPS) is 12.2. The van der Waals surface area contributed by atoms with Crippen LogP contribution in [0.5, 0.6) is 5.75 Å². The van der Waals surface area contributed by atoms with Gasteiger partial charge in [0.1, 0.15) is 18.2 Å². The van der Waals surface area contributed by atoms with Crippen molar-refractivity contribution in [3.05, 3.63) is 63.9 Å². The second-order valence-electron chi connectivity index (χ2n) is 4.39. The van der Waals surface area contributed by atoms with Crippen molar-refractivity contribution in [2.75, 3.05) is 0 Å². The minimum Gasteiger partial charge on any atom is -0.489 e. The summed E-state index contributed by atoms with van der Waals surface area (Å²) in [6.07, 6.45) is 0. The first-order chi connectivity index (χ1) is 9.06. The maximum absolute atomic E-state index is 12.8. The van der Waals surface area contributed by atoms with Crippen molar-refractivity contribution in [2.45, 2.75) is 19.6 Å². The Morgan fingerprint density at radius 2 is 1.89 bits per heavy atom. The van der Waals surface area contributed by atoms with Crippen molar-refractivity contribution < 1.29 is 9.13 Å². The molecule has 2 rings (SSSR count). The minimum absolute atomic E-state index is 0.110. The Kier molecular flexibility index (Phi) is 4.56. The van der Waals surface area contributed by atoms with Crippen LogP contribution in [0.2, 0.25) is 0 Å². The molecule has 1 atom stereocenters. The van der Waals surface area contributed by atoms with Gasteiger partial charge < -0.3 is 10.5 Å². The lowest BCUT2D eigenvalue weighted by atomic mass is 10.1. The van der Waals surface area contributed by atoms with Gasteiger partial charge in [-0.25, -0.2) is 4.39 Å². The van der Waals surface area contributed by atoms with E-state index >= 15 is 0 Å². The topological polar surface area (TPSA) is 35.2 Å². The van der Waals surface area contributed by atoms with Gasteiger partial charge in [0, 0.05) is 16.1 Å². The number of hydrogen-bond acceptors (Lipinski definition) is 2. The van der Waals surface area contributed by atoms with Gasteiger partial charge in [0.05, 0.1) is 0 Å². The quantitative estimate of drug-likeness (QED) is 0.915. The number of benzene rings is 2. The summed E-state index contributed by atoms with van der Waals surface area (Å²) in [5.74, 6) is 0.506. The molecular weight excluding hydrogens is 309 g/mol. The van der Waals surface area contributed by atoms with Crippen LogP contribution in [-0.4, -0.2) is 0 Å². The molecule has 0 fully saturated rings. The second-order valence-corrected chi connectivity index (χ2v) is 5.30. The van der Waals surface area contributed by atoms with E-state index in [1.165, 1.54) is 12.1 Å². The van der Waals surface area contributed by atoms with Crippen LogP contribution in [-0.2, 0) is 6.61 Å². The first-order valence-corrected chi connectivity index (χ1v) is 6.78. The number of hydrogen-bond donors (Lipinski definition) is 1. The zero-order valence-electron chi connectivity index (χ0n) is 10.6. The van der Waals surface area contributed by atoms with Gasteiger partial charge in [-0.2, -0.15) is 0 Å². The zero-order valence-corrected chi connectivity index (χ0v) is 12.2. The Labute approximate surface area is 120 Å². The third-order valence-corrected chi connectivity index (χ3v) is 3.26. The van der Waals surface area contributed by atoms with Gasteiger partial charge >= 0.3 is 0 Å². The molecule has 100 valence electrons. The van der Waals surface area contributed by atoms with Crippen LogP contribution in [0.4, 0.5) is 4.39 Å². The third kappa shape index (κ3) is 3.78. The van der Waals surface area contributed by atoms with Crippen LogP contribution in [0.3, 0.4) is 0 Å². The van der Waals surface area contributed by atoms with Crippen LogP contribution in [0, 0.1) is 5.82 Å². The molecule has 0 saturated carbocycles. The Bertz CT molecular complexity index is 555. The van der Waals surface area contributed by atoms with E-state index in [1.807, 2.05) is 25.1 Å². The molecule has 0 spiro atoms. The highest BCUT2D eigenvalue weighted by molar-refractivity contribution is 9.10. The largest absolute Gasteiger partial charge is 0.489 e. The monoisotopic (exact) mass is 323 g/mol. The van der Waals surface area contributed by atoms with Crippen LogP contribution in [0.1, 0.15) is 24.1 Å². The number of ether oxygens (including phenoxy) is 1. The lowest BCUT2D eigenvalue weighted by molar-refractivity contribution is 0.301. The van der Waals surface area contributed by atoms with Gasteiger partial charge in [-0.15, -0.1) is 0 Å². The summed E-state index contributed by atoms with van der Waals surface area (Å²) in [7, 11) is 0. The molecular formula is C15H15BrFNO. The van der Waals surface area contributed by atoms with E-state index in [4.69, 9.17) is 10.5 Å². The molecule has 0 radical (unpaired) electrons. The Morgan fingerprint density at radius 3 is 2.53 bits per heavy atom. The van der Waals surface area contributed by atoms with E-state index in [1.54, 1.807) is 12.1 Å². The lowest BCUT2D eigenvalue weighted by Gasteiger charge is -2.14. The minimum atomic E-state index is -0.247. The Hall–Kier alpha value is -1.39. The predicted octanol–water partition coefficient (Wildman–Crippen LogP) is 4.19. The first kappa shape index (κ1) is 14.0. The maximum atomic E-state index is 12.8. The van der Waals surface area contributed by atoms with Gasteiger partial charge in [0.15, 0.2) is 0 Å². The average molecular weight is 324 g/mol. The lowest BCUT2D eigenvalue weighted by Crippen LogP contribution is -2.08. The van der Waals surface area contributed by atoms with Crippen molar-refractivity contribution in [3.63, 3.8) is 0 Å². The molecule has 0 saturated heterocycles. The summed E-state index contributed by atoms with van der Waals surface area (Å²) in [6, 6.07) is 11.9. The highest BCUT2D eigenvalue weighted by Gasteiger charge is 2.09. The van der Waals surface area contributed by atoms with E-state index in [0.717, 1.165) is 21.3 Å². The summed E-state index contributed by atoms with van der Waals surface area (Å²) in [4.78, 5) is 0. The number of halogens is 2. The summed E-state index contributed by atoms with van der Waals surface area (Å²) in [6.45, 7) is 2.30. The molecule has 0 aromatic heterocycles. The highest BCUT2D eigenvalue weighted by atomic mass is 79.9. The van der Waals surface area contributed by atoms with Crippen LogP contribution >= 0.6 is 15.9 Å². The second kappa shape index (κ2) is 6.17. The Balaban J connectivity index is 2.13. The van der Waals surface area contributed by atoms with Crippen LogP contribution in [0.25, 0.3) is 0 Å². The zero-order chi connectivity index (χ0) is 13.8. The number of rotatable bonds is 4. The van der Waals surface area contributed by atoms with E-state index in [9.17, 15) is 4.39 Å². The van der Waals surface area contributed by atoms with E-state index in [0.29, 0.717) is 6.61 Å². The molecule has 0 heterocycles. The molecule has 0 bridgehead atoms. The summed E-state index contributed by atoms with van der Waals surface area (Å²) in [5.41, 5.74) is 7.78. The fourth-order valence-electron chi connectivity index (χ4n) is 1.75. The molecule has 0 unspecified atom stereocenters. The number of nitrogens with two attached hydrogens (primary N) is 1. The standard InChI is InChI=1S/C15H15BrFNO/c1-10(18)14-8-12(16)4-7-15(14)19-9-11-2-5-13(17)6-3-11/h2-8,10H,9,18H2,1H3/t10-/m0/s1. The molecule has 0 aliphatic carbocycles. The molecule has 4 heteroatoms. The third-order valence-electron chi connectivity index (χ3n) is 2.77. The van der Waals surface area contributed by atoms with E-state index in [2.05, 4.69) is 15.9 Å². The van der Waals surface area contributed by atoms with Crippen molar-refractivity contribution in [1.29, 1.82) is 0 Å². The van der Waals surface area contributed by atoms with Gasteiger partial charge in [-0.3, -0.25) is 0 Å². The fraction of sp³-hybridized carbons (Fsp3) is 0.200. The molecule has 2 aromatic carbocycles. The van der Waals surface area contributed by atoms with Gasteiger partial charge in [-0.1, -0.05) is 28.1 Å². The molecule has 2 nitrogen and oxygen atoms in total. The molecule has 19 heavy (non-hydrogen) atoms. The van der Waals surface area contributed by atoms with Gasteiger partial charge in [0.25, 0.3) is 0 Å². The average Bonchev–Trinajstić information content (AvgIpc) is 2.39. The summed E-state index contributed by atoms with van der Waals surface area (Å²) in [5, 5.41) is 0. The smallest absolute Gasteiger partial charge is 0.124 e. The van der Waals surface area contributed by atoms with Crippen molar-refractivity contribution in [2.24, 2.45) is 5.73 Å². The molecule has 0 amide bonds. The van der Waals surface area contributed by atoms with Gasteiger partial charge in [-0.05, 0) is 42.8 Å². The fourth-order valence-corrected chi connectivity index (χ4v) is 2.13. The van der Waals surface area contributed by atoms with Crippen LogP contribution in [0.15, 0.2) is 46.9 Å². The highest BCUT2D eigenvalue weighted by Crippen LogP contribution is 2.28. The predicted molar refractivity (Wildman–Crippen MR) is 77.5 cm³/mol. The first-order valence-electron chi connectivity index (χ1n) is 5.98. The Morgan fingerprint density at radius 1 is 1.21 bits per heavy atom. The van der Waals surface area contributed by atoms with Crippen molar-refractivity contribution in [3.8, 4) is 5.75 Å². The maximum Gasteiger partial charge on any atom is 0.124 e. The van der Waals surface area contributed by atoms with E-state index < -0.39 is 0 Å². The molecule has 2 N–H and O–H groups in total.